The number of carboxylic acids is 1. The van der Waals surface area contributed by atoms with Gasteiger partial charge in [-0.25, -0.2) is 0 Å². The molecule has 0 bridgehead atoms. The molecular formula is C34H37N3O5S. The summed E-state index contributed by atoms with van der Waals surface area (Å²) in [6.45, 7) is 3.56. The van der Waals surface area contributed by atoms with Crippen LogP contribution in [0.3, 0.4) is 0 Å². The van der Waals surface area contributed by atoms with E-state index in [1.807, 2.05) is 79.7 Å². The summed E-state index contributed by atoms with van der Waals surface area (Å²) >= 11 is 1.46. The fraction of sp³-hybridized carbons (Fsp3) is 0.382. The first kappa shape index (κ1) is 29.4. The molecule has 1 aliphatic carbocycles. The SMILES string of the molecule is Cc1ccccc1Nc1nc2ccc(CC(=O)C(O[C@H]3CC[C@H](C(=O)O)CC3)(Sc3ccccc3)N3CCCC3)cc2o1. The molecule has 2 fully saturated rings. The van der Waals surface area contributed by atoms with Crippen molar-refractivity contribution in [2.45, 2.75) is 67.9 Å². The van der Waals surface area contributed by atoms with E-state index in [9.17, 15) is 14.7 Å². The van der Waals surface area contributed by atoms with Crippen molar-refractivity contribution in [3.05, 3.63) is 83.9 Å². The van der Waals surface area contributed by atoms with Gasteiger partial charge in [-0.05, 0) is 86.9 Å². The molecule has 2 aliphatic rings. The summed E-state index contributed by atoms with van der Waals surface area (Å²) in [7, 11) is 0. The molecule has 8 nitrogen and oxygen atoms in total. The molecule has 1 aromatic heterocycles. The molecule has 4 aromatic rings. The topological polar surface area (TPSA) is 105 Å². The van der Waals surface area contributed by atoms with Gasteiger partial charge in [-0.2, -0.15) is 4.98 Å². The fourth-order valence-corrected chi connectivity index (χ4v) is 7.33. The van der Waals surface area contributed by atoms with E-state index >= 15 is 0 Å². The Morgan fingerprint density at radius 1 is 1.02 bits per heavy atom. The van der Waals surface area contributed by atoms with Crippen LogP contribution in [0, 0.1) is 12.8 Å². The Morgan fingerprint density at radius 2 is 1.74 bits per heavy atom. The first-order chi connectivity index (χ1) is 20.9. The molecule has 43 heavy (non-hydrogen) atoms. The van der Waals surface area contributed by atoms with Crippen molar-refractivity contribution in [2.24, 2.45) is 5.92 Å². The van der Waals surface area contributed by atoms with Crippen molar-refractivity contribution in [1.29, 1.82) is 0 Å². The quantitative estimate of drug-likeness (QED) is 0.137. The number of aryl methyl sites for hydroxylation is 1. The van der Waals surface area contributed by atoms with Crippen LogP contribution in [0.25, 0.3) is 11.1 Å². The molecule has 1 atom stereocenters. The highest BCUT2D eigenvalue weighted by molar-refractivity contribution is 8.01. The third-order valence-corrected chi connectivity index (χ3v) is 9.79. The summed E-state index contributed by atoms with van der Waals surface area (Å²) in [5.41, 5.74) is 4.15. The summed E-state index contributed by atoms with van der Waals surface area (Å²) < 4.78 is 13.0. The van der Waals surface area contributed by atoms with Gasteiger partial charge in [0.05, 0.1) is 12.0 Å². The monoisotopic (exact) mass is 599 g/mol. The number of carbonyl (C=O) groups is 2. The third-order valence-electron chi connectivity index (χ3n) is 8.43. The van der Waals surface area contributed by atoms with E-state index in [2.05, 4.69) is 15.2 Å². The molecule has 2 N–H and O–H groups in total. The number of fused-ring (bicyclic) bond motifs is 1. The Morgan fingerprint density at radius 3 is 2.47 bits per heavy atom. The standard InChI is InChI=1S/C34H37N3O5S/c1-23-9-5-6-12-28(23)35-33-36-29-18-13-24(21-30(29)41-33)22-31(38)34(37-19-7-8-20-37,43-27-10-3-2-4-11-27)42-26-16-14-25(15-17-26)32(39)40/h2-6,9-13,18,21,25-26H,7-8,14-17,19-20,22H2,1H3,(H,35,36)(H,39,40)/t25-,26-,34?. The van der Waals surface area contributed by atoms with Crippen LogP contribution in [0.15, 0.2) is 82.1 Å². The Hall–Kier alpha value is -3.66. The number of aromatic nitrogens is 1. The minimum absolute atomic E-state index is 0.0271. The number of ketones is 1. The number of anilines is 2. The number of thioether (sulfide) groups is 1. The van der Waals surface area contributed by atoms with Crippen molar-refractivity contribution >= 4 is 46.3 Å². The second-order valence-electron chi connectivity index (χ2n) is 11.5. The highest BCUT2D eigenvalue weighted by atomic mass is 32.2. The normalized spacial score (nSPS) is 20.6. The van der Waals surface area contributed by atoms with Gasteiger partial charge in [-0.3, -0.25) is 14.5 Å². The zero-order chi connectivity index (χ0) is 29.8. The van der Waals surface area contributed by atoms with Gasteiger partial charge in [0, 0.05) is 30.1 Å². The van der Waals surface area contributed by atoms with Crippen molar-refractivity contribution in [3.8, 4) is 0 Å². The maximum Gasteiger partial charge on any atom is 0.306 e. The fourth-order valence-electron chi connectivity index (χ4n) is 6.03. The van der Waals surface area contributed by atoms with E-state index < -0.39 is 11.0 Å². The van der Waals surface area contributed by atoms with E-state index in [0.29, 0.717) is 42.8 Å². The predicted molar refractivity (Wildman–Crippen MR) is 167 cm³/mol. The van der Waals surface area contributed by atoms with Crippen LogP contribution in [0.5, 0.6) is 0 Å². The number of oxazole rings is 1. The Kier molecular flexibility index (Phi) is 8.83. The van der Waals surface area contributed by atoms with Crippen molar-refractivity contribution < 1.29 is 23.8 Å². The van der Waals surface area contributed by atoms with Crippen molar-refractivity contribution in [3.63, 3.8) is 0 Å². The van der Waals surface area contributed by atoms with Crippen molar-refractivity contribution in [2.75, 3.05) is 18.4 Å². The smallest absolute Gasteiger partial charge is 0.306 e. The number of hydrogen-bond acceptors (Lipinski definition) is 8. The van der Waals surface area contributed by atoms with Gasteiger partial charge in [-0.15, -0.1) is 0 Å². The van der Waals surface area contributed by atoms with Crippen molar-refractivity contribution in [1.82, 2.24) is 9.88 Å². The average molecular weight is 600 g/mol. The molecule has 3 aromatic carbocycles. The second kappa shape index (κ2) is 12.9. The molecule has 9 heteroatoms. The van der Waals surface area contributed by atoms with E-state index in [0.717, 1.165) is 47.6 Å². The summed E-state index contributed by atoms with van der Waals surface area (Å²) in [5, 5.41) is 11.6. The molecule has 1 saturated heterocycles. The first-order valence-corrected chi connectivity index (χ1v) is 15.9. The third kappa shape index (κ3) is 6.64. The Bertz CT molecular complexity index is 1580. The number of carboxylic acid groups (broad SMARTS) is 1. The lowest BCUT2D eigenvalue weighted by atomic mass is 9.87. The summed E-state index contributed by atoms with van der Waals surface area (Å²) in [4.78, 5) is 33.9. The van der Waals surface area contributed by atoms with E-state index in [1.54, 1.807) is 0 Å². The minimum Gasteiger partial charge on any atom is -0.481 e. The molecule has 0 spiro atoms. The second-order valence-corrected chi connectivity index (χ2v) is 12.7. The maximum atomic E-state index is 14.6. The number of hydrogen-bond donors (Lipinski definition) is 2. The minimum atomic E-state index is -1.22. The molecule has 6 rings (SSSR count). The van der Waals surface area contributed by atoms with Crippen LogP contribution in [0.2, 0.25) is 0 Å². The molecular weight excluding hydrogens is 562 g/mol. The maximum absolute atomic E-state index is 14.6. The van der Waals surface area contributed by atoms with Crippen LogP contribution < -0.4 is 5.32 Å². The van der Waals surface area contributed by atoms with Crippen LogP contribution in [0.4, 0.5) is 11.7 Å². The van der Waals surface area contributed by atoms with E-state index in [-0.39, 0.29) is 24.2 Å². The Labute approximate surface area is 255 Å². The highest BCUT2D eigenvalue weighted by Gasteiger charge is 2.49. The predicted octanol–water partition coefficient (Wildman–Crippen LogP) is 7.19. The van der Waals surface area contributed by atoms with Crippen LogP contribution in [-0.4, -0.2) is 51.0 Å². The van der Waals surface area contributed by atoms with Gasteiger partial charge >= 0.3 is 5.97 Å². The molecule has 0 amide bonds. The number of nitrogens with one attached hydrogen (secondary N) is 1. The van der Waals surface area contributed by atoms with Gasteiger partial charge in [0.25, 0.3) is 6.01 Å². The zero-order valence-electron chi connectivity index (χ0n) is 24.3. The van der Waals surface area contributed by atoms with E-state index in [1.165, 1.54) is 11.8 Å². The molecule has 1 aliphatic heterocycles. The highest BCUT2D eigenvalue weighted by Crippen LogP contribution is 2.43. The van der Waals surface area contributed by atoms with Gasteiger partial charge in [0.15, 0.2) is 11.4 Å². The van der Waals surface area contributed by atoms with Crippen LogP contribution in [-0.2, 0) is 20.7 Å². The lowest BCUT2D eigenvalue weighted by Crippen LogP contribution is -2.55. The van der Waals surface area contributed by atoms with Crippen LogP contribution in [0.1, 0.15) is 49.7 Å². The number of carbonyl (C=O) groups excluding carboxylic acids is 1. The number of para-hydroxylation sites is 1. The van der Waals surface area contributed by atoms with Crippen LogP contribution >= 0.6 is 11.8 Å². The van der Waals surface area contributed by atoms with Gasteiger partial charge in [0.2, 0.25) is 5.06 Å². The zero-order valence-corrected chi connectivity index (χ0v) is 25.1. The summed E-state index contributed by atoms with van der Waals surface area (Å²) in [6, 6.07) is 24.0. The van der Waals surface area contributed by atoms with Gasteiger partial charge in [-0.1, -0.05) is 54.2 Å². The molecule has 224 valence electrons. The summed E-state index contributed by atoms with van der Waals surface area (Å²) in [5.74, 6) is -1.13. The Balaban J connectivity index is 1.28. The number of ether oxygens (including phenoxy) is 1. The molecule has 1 saturated carbocycles. The van der Waals surface area contributed by atoms with Gasteiger partial charge in [0.1, 0.15) is 5.52 Å². The molecule has 0 radical (unpaired) electrons. The van der Waals surface area contributed by atoms with E-state index in [4.69, 9.17) is 9.15 Å². The lowest BCUT2D eigenvalue weighted by molar-refractivity contribution is -0.165. The number of nitrogens with zero attached hydrogens (tertiary/aromatic N) is 2. The number of likely N-dealkylation sites (tertiary alicyclic amines) is 1. The average Bonchev–Trinajstić information content (AvgIpc) is 3.69. The molecule has 1 unspecified atom stereocenters. The number of rotatable bonds is 11. The first-order valence-electron chi connectivity index (χ1n) is 15.0. The molecule has 2 heterocycles. The largest absolute Gasteiger partial charge is 0.481 e. The summed E-state index contributed by atoms with van der Waals surface area (Å²) in [6.07, 6.45) is 4.33. The number of Topliss-reactive ketones (excluding diaryl/α,β-unsaturated/α-hetero) is 1. The number of benzene rings is 3. The lowest BCUT2D eigenvalue weighted by Gasteiger charge is -2.43. The van der Waals surface area contributed by atoms with Gasteiger partial charge < -0.3 is 19.6 Å². The number of aliphatic carboxylic acids is 1.